The minimum atomic E-state index is -1.02. The third-order valence-corrected chi connectivity index (χ3v) is 4.32. The van der Waals surface area contributed by atoms with E-state index in [1.54, 1.807) is 6.92 Å². The molecular weight excluding hydrogens is 364 g/mol. The Morgan fingerprint density at radius 1 is 1.35 bits per heavy atom. The van der Waals surface area contributed by atoms with E-state index < -0.39 is 29.9 Å². The van der Waals surface area contributed by atoms with Crippen molar-refractivity contribution in [1.82, 2.24) is 5.32 Å². The van der Waals surface area contributed by atoms with Crippen LogP contribution in [0.2, 0.25) is 5.02 Å². The van der Waals surface area contributed by atoms with Gasteiger partial charge in [0.2, 0.25) is 0 Å². The summed E-state index contributed by atoms with van der Waals surface area (Å²) in [5.74, 6) is -2.11. The number of carboxylic acid groups (broad SMARTS) is 1. The maximum absolute atomic E-state index is 12.6. The van der Waals surface area contributed by atoms with E-state index in [4.69, 9.17) is 31.9 Å². The molecule has 0 heterocycles. The quantitative estimate of drug-likeness (QED) is 0.594. The summed E-state index contributed by atoms with van der Waals surface area (Å²) >= 11 is 6.13. The highest BCUT2D eigenvalue weighted by Gasteiger charge is 2.33. The molecule has 8 nitrogen and oxygen atoms in total. The number of carbonyl (C=O) groups excluding carboxylic acids is 2. The van der Waals surface area contributed by atoms with Crippen molar-refractivity contribution in [3.8, 4) is 11.5 Å². The first kappa shape index (κ1) is 21.6. The third kappa shape index (κ3) is 5.52. The van der Waals surface area contributed by atoms with E-state index in [9.17, 15) is 14.4 Å². The van der Waals surface area contributed by atoms with Crippen LogP contribution in [0.25, 0.3) is 0 Å². The van der Waals surface area contributed by atoms with Crippen molar-refractivity contribution >= 4 is 29.4 Å². The molecule has 1 aromatic rings. The van der Waals surface area contributed by atoms with Crippen molar-refractivity contribution in [2.24, 2.45) is 11.7 Å². The van der Waals surface area contributed by atoms with Gasteiger partial charge in [0.15, 0.2) is 18.1 Å². The molecule has 1 aromatic carbocycles. The van der Waals surface area contributed by atoms with E-state index in [1.165, 1.54) is 19.2 Å². The summed E-state index contributed by atoms with van der Waals surface area (Å²) in [7, 11) is 1.35. The van der Waals surface area contributed by atoms with Crippen molar-refractivity contribution in [2.75, 3.05) is 13.7 Å². The molecule has 0 aliphatic carbocycles. The number of methoxy groups -OCH3 is 1. The van der Waals surface area contributed by atoms with E-state index in [1.807, 2.05) is 13.8 Å². The van der Waals surface area contributed by atoms with Gasteiger partial charge in [-0.25, -0.2) is 0 Å². The van der Waals surface area contributed by atoms with Gasteiger partial charge in [0.25, 0.3) is 11.8 Å². The minimum absolute atomic E-state index is 0.0558. The predicted octanol–water partition coefficient (Wildman–Crippen LogP) is 1.83. The molecule has 144 valence electrons. The average molecular weight is 387 g/mol. The zero-order chi connectivity index (χ0) is 20.1. The molecule has 0 fully saturated rings. The van der Waals surface area contributed by atoms with E-state index in [0.29, 0.717) is 0 Å². The van der Waals surface area contributed by atoms with Crippen LogP contribution in [0.5, 0.6) is 11.5 Å². The summed E-state index contributed by atoms with van der Waals surface area (Å²) in [5.41, 5.74) is 4.25. The second-order valence-electron chi connectivity index (χ2n) is 6.34. The molecule has 0 radical (unpaired) electrons. The lowest BCUT2D eigenvalue weighted by Crippen LogP contribution is -2.51. The first-order chi connectivity index (χ1) is 12.0. The first-order valence-electron chi connectivity index (χ1n) is 7.83. The Hall–Kier alpha value is -2.48. The second-order valence-corrected chi connectivity index (χ2v) is 6.75. The Morgan fingerprint density at radius 2 is 1.96 bits per heavy atom. The molecule has 0 saturated carbocycles. The standard InChI is InChI=1S/C17H23ClN2O6/c1-9(2)17(3,7-14(22)23)20-16(24)10-5-11(18)15(12(6-10)25-4)26-8-13(19)21/h5-6,9H,7-8H2,1-4H3,(H2,19,21)(H,20,24)(H,22,23). The van der Waals surface area contributed by atoms with Gasteiger partial charge >= 0.3 is 5.97 Å². The van der Waals surface area contributed by atoms with Crippen molar-refractivity contribution in [3.05, 3.63) is 22.7 Å². The van der Waals surface area contributed by atoms with Gasteiger partial charge < -0.3 is 25.6 Å². The molecule has 0 bridgehead atoms. The lowest BCUT2D eigenvalue weighted by molar-refractivity contribution is -0.139. The highest BCUT2D eigenvalue weighted by atomic mass is 35.5. The van der Waals surface area contributed by atoms with Gasteiger partial charge in [-0.3, -0.25) is 14.4 Å². The third-order valence-electron chi connectivity index (χ3n) is 4.04. The molecule has 1 atom stereocenters. The van der Waals surface area contributed by atoms with E-state index in [2.05, 4.69) is 5.32 Å². The van der Waals surface area contributed by atoms with E-state index >= 15 is 0 Å². The predicted molar refractivity (Wildman–Crippen MR) is 95.7 cm³/mol. The highest BCUT2D eigenvalue weighted by Crippen LogP contribution is 2.36. The topological polar surface area (TPSA) is 128 Å². The van der Waals surface area contributed by atoms with Gasteiger partial charge in [0.05, 0.1) is 24.1 Å². The molecule has 2 amide bonds. The Kier molecular flexibility index (Phi) is 7.26. The number of hydrogen-bond donors (Lipinski definition) is 3. The number of carboxylic acids is 1. The summed E-state index contributed by atoms with van der Waals surface area (Å²) in [6, 6.07) is 2.73. The van der Waals surface area contributed by atoms with Gasteiger partial charge in [-0.15, -0.1) is 0 Å². The van der Waals surface area contributed by atoms with Crippen LogP contribution in [-0.4, -0.2) is 42.1 Å². The van der Waals surface area contributed by atoms with Gasteiger partial charge in [0, 0.05) is 5.56 Å². The number of rotatable bonds is 9. The number of halogens is 1. The summed E-state index contributed by atoms with van der Waals surface area (Å²) in [5, 5.41) is 11.9. The van der Waals surface area contributed by atoms with Crippen LogP contribution in [0.15, 0.2) is 12.1 Å². The Bertz CT molecular complexity index is 707. The monoisotopic (exact) mass is 386 g/mol. The van der Waals surface area contributed by atoms with Crippen molar-refractivity contribution in [1.29, 1.82) is 0 Å². The number of ether oxygens (including phenoxy) is 2. The SMILES string of the molecule is COc1cc(C(=O)NC(C)(CC(=O)O)C(C)C)cc(Cl)c1OCC(N)=O. The number of hydrogen-bond acceptors (Lipinski definition) is 5. The fraction of sp³-hybridized carbons (Fsp3) is 0.471. The van der Waals surface area contributed by atoms with Gasteiger partial charge in [-0.05, 0) is 25.0 Å². The number of nitrogens with one attached hydrogen (secondary N) is 1. The Balaban J connectivity index is 3.14. The van der Waals surface area contributed by atoms with Crippen LogP contribution in [0, 0.1) is 5.92 Å². The van der Waals surface area contributed by atoms with Crippen LogP contribution in [0.1, 0.15) is 37.6 Å². The maximum Gasteiger partial charge on any atom is 0.305 e. The molecule has 0 aliphatic heterocycles. The zero-order valence-electron chi connectivity index (χ0n) is 15.1. The molecule has 0 spiro atoms. The summed E-state index contributed by atoms with van der Waals surface area (Å²) in [6.07, 6.45) is -0.235. The summed E-state index contributed by atoms with van der Waals surface area (Å²) in [4.78, 5) is 34.6. The number of amides is 2. The molecule has 4 N–H and O–H groups in total. The molecule has 26 heavy (non-hydrogen) atoms. The fourth-order valence-corrected chi connectivity index (χ4v) is 2.44. The minimum Gasteiger partial charge on any atom is -0.493 e. The van der Waals surface area contributed by atoms with E-state index in [0.717, 1.165) is 0 Å². The average Bonchev–Trinajstić information content (AvgIpc) is 2.51. The van der Waals surface area contributed by atoms with Crippen molar-refractivity contribution < 1.29 is 29.0 Å². The maximum atomic E-state index is 12.6. The number of nitrogens with two attached hydrogens (primary N) is 1. The molecule has 1 rings (SSSR count). The zero-order valence-corrected chi connectivity index (χ0v) is 15.8. The molecule has 0 saturated heterocycles. The molecule has 0 aromatic heterocycles. The van der Waals surface area contributed by atoms with Crippen LogP contribution in [0.3, 0.4) is 0 Å². The van der Waals surface area contributed by atoms with Crippen molar-refractivity contribution in [3.63, 3.8) is 0 Å². The molecule has 1 unspecified atom stereocenters. The Labute approximate surface area is 156 Å². The number of aliphatic carboxylic acids is 1. The van der Waals surface area contributed by atoms with Gasteiger partial charge in [-0.1, -0.05) is 25.4 Å². The van der Waals surface area contributed by atoms with Crippen LogP contribution >= 0.6 is 11.6 Å². The second kappa shape index (κ2) is 8.75. The van der Waals surface area contributed by atoms with Crippen LogP contribution in [-0.2, 0) is 9.59 Å². The highest BCUT2D eigenvalue weighted by molar-refractivity contribution is 6.32. The lowest BCUT2D eigenvalue weighted by Gasteiger charge is -2.33. The van der Waals surface area contributed by atoms with Crippen LogP contribution in [0.4, 0.5) is 0 Å². The molecular formula is C17H23ClN2O6. The largest absolute Gasteiger partial charge is 0.493 e. The number of primary amides is 1. The first-order valence-corrected chi connectivity index (χ1v) is 8.21. The van der Waals surface area contributed by atoms with Gasteiger partial charge in [0.1, 0.15) is 0 Å². The number of benzene rings is 1. The number of carbonyl (C=O) groups is 3. The normalized spacial score (nSPS) is 13.0. The Morgan fingerprint density at radius 3 is 2.42 bits per heavy atom. The smallest absolute Gasteiger partial charge is 0.305 e. The van der Waals surface area contributed by atoms with Crippen molar-refractivity contribution in [2.45, 2.75) is 32.7 Å². The molecule has 9 heteroatoms. The molecule has 0 aliphatic rings. The van der Waals surface area contributed by atoms with E-state index in [-0.39, 0.29) is 34.4 Å². The summed E-state index contributed by atoms with van der Waals surface area (Å²) < 4.78 is 10.4. The summed E-state index contributed by atoms with van der Waals surface area (Å²) in [6.45, 7) is 4.90. The van der Waals surface area contributed by atoms with Crippen LogP contribution < -0.4 is 20.5 Å². The fourth-order valence-electron chi connectivity index (χ4n) is 2.17. The van der Waals surface area contributed by atoms with Gasteiger partial charge in [-0.2, -0.15) is 0 Å². The lowest BCUT2D eigenvalue weighted by atomic mass is 9.85.